The third kappa shape index (κ3) is 6.05. The van der Waals surface area contributed by atoms with Crippen molar-refractivity contribution in [3.05, 3.63) is 99.0 Å². The minimum Gasteiger partial charge on any atom is -0.487 e. The van der Waals surface area contributed by atoms with Gasteiger partial charge in [-0.05, 0) is 60.2 Å². The van der Waals surface area contributed by atoms with Crippen molar-refractivity contribution < 1.29 is 18.3 Å². The van der Waals surface area contributed by atoms with E-state index < -0.39 is 11.7 Å². The highest BCUT2D eigenvalue weighted by Gasteiger charge is 2.15. The molecule has 3 aromatic carbocycles. The molecule has 1 amide bonds. The van der Waals surface area contributed by atoms with Crippen molar-refractivity contribution in [2.24, 2.45) is 0 Å². The molecule has 0 aromatic heterocycles. The number of carbonyl (C=O) groups excluding carboxylic acids is 1. The molecule has 0 atom stereocenters. The van der Waals surface area contributed by atoms with E-state index in [1.54, 1.807) is 12.1 Å². The monoisotopic (exact) mass is 458 g/mol. The second kappa shape index (κ2) is 10.1. The molecule has 4 nitrogen and oxygen atoms in total. The molecule has 0 saturated carbocycles. The summed E-state index contributed by atoms with van der Waals surface area (Å²) in [6, 6.07) is 15.6. The van der Waals surface area contributed by atoms with Crippen LogP contribution in [-0.2, 0) is 11.4 Å². The van der Waals surface area contributed by atoms with E-state index in [-0.39, 0.29) is 33.8 Å². The average molecular weight is 459 g/mol. The number of rotatable bonds is 6. The molecule has 3 rings (SSSR count). The first-order valence-corrected chi connectivity index (χ1v) is 9.66. The number of nitrogens with one attached hydrogen (secondary N) is 1. The van der Waals surface area contributed by atoms with Crippen molar-refractivity contribution in [1.82, 2.24) is 0 Å². The van der Waals surface area contributed by atoms with Gasteiger partial charge in [0.15, 0.2) is 0 Å². The third-order valence-electron chi connectivity index (χ3n) is 4.10. The maximum absolute atomic E-state index is 13.1. The van der Waals surface area contributed by atoms with Gasteiger partial charge >= 0.3 is 0 Å². The lowest BCUT2D eigenvalue weighted by atomic mass is 10.1. The van der Waals surface area contributed by atoms with E-state index in [9.17, 15) is 18.8 Å². The molecule has 0 bridgehead atoms. The van der Waals surface area contributed by atoms with Crippen LogP contribution in [0, 0.1) is 23.0 Å². The number of nitrogens with zero attached hydrogens (tertiary/aromatic N) is 1. The van der Waals surface area contributed by atoms with E-state index >= 15 is 0 Å². The van der Waals surface area contributed by atoms with Crippen LogP contribution in [0.2, 0.25) is 10.0 Å². The van der Waals surface area contributed by atoms with Gasteiger partial charge in [0.05, 0.1) is 5.02 Å². The molecule has 0 radical (unpaired) electrons. The third-order valence-corrected chi connectivity index (χ3v) is 4.60. The highest BCUT2D eigenvalue weighted by Crippen LogP contribution is 2.34. The van der Waals surface area contributed by atoms with E-state index in [2.05, 4.69) is 5.32 Å². The molecule has 0 aliphatic carbocycles. The molecule has 8 heteroatoms. The van der Waals surface area contributed by atoms with Crippen molar-refractivity contribution in [2.75, 3.05) is 5.32 Å². The van der Waals surface area contributed by atoms with Gasteiger partial charge < -0.3 is 10.1 Å². The van der Waals surface area contributed by atoms with Crippen LogP contribution in [0.4, 0.5) is 14.5 Å². The molecule has 0 fully saturated rings. The zero-order valence-electron chi connectivity index (χ0n) is 15.8. The molecule has 31 heavy (non-hydrogen) atoms. The summed E-state index contributed by atoms with van der Waals surface area (Å²) in [5.41, 5.74) is 1.08. The lowest BCUT2D eigenvalue weighted by Gasteiger charge is -2.13. The second-order valence-electron chi connectivity index (χ2n) is 6.35. The zero-order valence-corrected chi connectivity index (χ0v) is 17.3. The van der Waals surface area contributed by atoms with Crippen molar-refractivity contribution in [2.45, 2.75) is 6.61 Å². The molecule has 0 unspecified atom stereocenters. The molecular weight excluding hydrogens is 445 g/mol. The summed E-state index contributed by atoms with van der Waals surface area (Å²) in [5, 5.41) is 12.4. The van der Waals surface area contributed by atoms with Gasteiger partial charge in [0, 0.05) is 16.3 Å². The van der Waals surface area contributed by atoms with E-state index in [0.29, 0.717) is 16.8 Å². The van der Waals surface area contributed by atoms with Crippen molar-refractivity contribution in [3.8, 4) is 11.8 Å². The molecular formula is C23H14Cl2F2N2O2. The van der Waals surface area contributed by atoms with Gasteiger partial charge in [0.1, 0.15) is 35.6 Å². The number of anilines is 1. The van der Waals surface area contributed by atoms with E-state index in [4.69, 9.17) is 27.9 Å². The largest absolute Gasteiger partial charge is 0.487 e. The van der Waals surface area contributed by atoms with Gasteiger partial charge in [-0.2, -0.15) is 5.26 Å². The van der Waals surface area contributed by atoms with E-state index in [0.717, 1.165) is 0 Å². The summed E-state index contributed by atoms with van der Waals surface area (Å²) in [5.74, 6) is -1.32. The number of halogens is 4. The number of hydrogen-bond acceptors (Lipinski definition) is 3. The number of hydrogen-bond donors (Lipinski definition) is 1. The number of carbonyl (C=O) groups is 1. The Hall–Kier alpha value is -3.40. The predicted molar refractivity (Wildman–Crippen MR) is 116 cm³/mol. The highest BCUT2D eigenvalue weighted by atomic mass is 35.5. The number of ether oxygens (including phenoxy) is 1. The quantitative estimate of drug-likeness (QED) is 0.343. The fourth-order valence-electron chi connectivity index (χ4n) is 2.61. The summed E-state index contributed by atoms with van der Waals surface area (Å²) in [6.45, 7) is 0.0755. The van der Waals surface area contributed by atoms with Crippen LogP contribution in [0.1, 0.15) is 11.1 Å². The summed E-state index contributed by atoms with van der Waals surface area (Å²) >= 11 is 12.3. The molecule has 0 saturated heterocycles. The standard InChI is InChI=1S/C23H14Cl2F2N2O2/c24-17-10-15(9-16(12-28)23(30)29-20-7-5-19(27)6-8-20)22(21(25)11-17)31-13-14-1-3-18(26)4-2-14/h1-11H,13H2,(H,29,30)/b16-9+. The SMILES string of the molecule is N#C/C(=C\c1cc(Cl)cc(Cl)c1OCc1ccc(F)cc1)C(=O)Nc1ccc(F)cc1. The van der Waals surface area contributed by atoms with Crippen LogP contribution in [0.15, 0.2) is 66.2 Å². The Morgan fingerprint density at radius 1 is 1.03 bits per heavy atom. The van der Waals surface area contributed by atoms with Crippen molar-refractivity contribution >= 4 is 40.9 Å². The van der Waals surface area contributed by atoms with Gasteiger partial charge in [0.25, 0.3) is 5.91 Å². The molecule has 156 valence electrons. The molecule has 0 aliphatic rings. The van der Waals surface area contributed by atoms with Gasteiger partial charge in [-0.1, -0.05) is 35.3 Å². The van der Waals surface area contributed by atoms with Gasteiger partial charge in [0.2, 0.25) is 0 Å². The minimum absolute atomic E-state index is 0.0755. The maximum Gasteiger partial charge on any atom is 0.266 e. The van der Waals surface area contributed by atoms with Crippen LogP contribution in [0.3, 0.4) is 0 Å². The fourth-order valence-corrected chi connectivity index (χ4v) is 3.18. The van der Waals surface area contributed by atoms with Crippen LogP contribution in [0.5, 0.6) is 5.75 Å². The van der Waals surface area contributed by atoms with Gasteiger partial charge in [-0.15, -0.1) is 0 Å². The predicted octanol–water partition coefficient (Wildman–Crippen LogP) is 6.40. The summed E-state index contributed by atoms with van der Waals surface area (Å²) in [7, 11) is 0. The maximum atomic E-state index is 13.1. The van der Waals surface area contributed by atoms with Crippen molar-refractivity contribution in [3.63, 3.8) is 0 Å². The lowest BCUT2D eigenvalue weighted by Crippen LogP contribution is -2.13. The van der Waals surface area contributed by atoms with Crippen LogP contribution < -0.4 is 10.1 Å². The fraction of sp³-hybridized carbons (Fsp3) is 0.0435. The number of amides is 1. The summed E-state index contributed by atoms with van der Waals surface area (Å²) < 4.78 is 31.9. The minimum atomic E-state index is -0.699. The molecule has 0 spiro atoms. The second-order valence-corrected chi connectivity index (χ2v) is 7.20. The Labute approximate surface area is 187 Å². The van der Waals surface area contributed by atoms with Gasteiger partial charge in [-0.25, -0.2) is 8.78 Å². The molecule has 0 aliphatic heterocycles. The molecule has 3 aromatic rings. The number of benzene rings is 3. The van der Waals surface area contributed by atoms with E-state index in [1.165, 1.54) is 54.6 Å². The van der Waals surface area contributed by atoms with E-state index in [1.807, 2.05) is 6.07 Å². The lowest BCUT2D eigenvalue weighted by molar-refractivity contribution is -0.112. The van der Waals surface area contributed by atoms with Crippen molar-refractivity contribution in [1.29, 1.82) is 5.26 Å². The van der Waals surface area contributed by atoms with Crippen LogP contribution >= 0.6 is 23.2 Å². The summed E-state index contributed by atoms with van der Waals surface area (Å²) in [6.07, 6.45) is 1.29. The topological polar surface area (TPSA) is 62.1 Å². The first-order valence-electron chi connectivity index (χ1n) is 8.90. The smallest absolute Gasteiger partial charge is 0.266 e. The first-order chi connectivity index (χ1) is 14.9. The molecule has 0 heterocycles. The Morgan fingerprint density at radius 2 is 1.65 bits per heavy atom. The van der Waals surface area contributed by atoms with Crippen LogP contribution in [-0.4, -0.2) is 5.91 Å². The van der Waals surface area contributed by atoms with Crippen LogP contribution in [0.25, 0.3) is 6.08 Å². The van der Waals surface area contributed by atoms with Gasteiger partial charge in [-0.3, -0.25) is 4.79 Å². The zero-order chi connectivity index (χ0) is 22.4. The Morgan fingerprint density at radius 3 is 2.26 bits per heavy atom. The highest BCUT2D eigenvalue weighted by molar-refractivity contribution is 6.36. The normalized spacial score (nSPS) is 11.0. The Balaban J connectivity index is 1.87. The number of nitriles is 1. The average Bonchev–Trinajstić information content (AvgIpc) is 2.74. The first kappa shape index (κ1) is 22.3. The summed E-state index contributed by atoms with van der Waals surface area (Å²) in [4.78, 5) is 12.5. The Kier molecular flexibility index (Phi) is 7.24. The molecule has 1 N–H and O–H groups in total. The Bertz CT molecular complexity index is 1170.